The molecule has 0 N–H and O–H groups in total. The Morgan fingerprint density at radius 3 is 2.54 bits per heavy atom. The molecule has 2 aliphatic rings. The lowest BCUT2D eigenvalue weighted by molar-refractivity contribution is -0.135. The van der Waals surface area contributed by atoms with Gasteiger partial charge in [-0.3, -0.25) is 9.59 Å². The van der Waals surface area contributed by atoms with Crippen LogP contribution in [0.25, 0.3) is 0 Å². The van der Waals surface area contributed by atoms with Gasteiger partial charge < -0.3 is 14.5 Å². The summed E-state index contributed by atoms with van der Waals surface area (Å²) >= 11 is 0. The maximum Gasteiger partial charge on any atom is 0.337 e. The second-order valence-corrected chi connectivity index (χ2v) is 6.98. The average Bonchev–Trinajstić information content (AvgIpc) is 3.10. The van der Waals surface area contributed by atoms with Crippen LogP contribution in [-0.4, -0.2) is 49.4 Å². The van der Waals surface area contributed by atoms with Crippen LogP contribution >= 0.6 is 0 Å². The van der Waals surface area contributed by atoms with Gasteiger partial charge in [0.2, 0.25) is 11.8 Å². The summed E-state index contributed by atoms with van der Waals surface area (Å²) in [5, 5.41) is 0. The topological polar surface area (TPSA) is 66.9 Å². The molecule has 0 atom stereocenters. The average molecular weight is 358 g/mol. The lowest BCUT2D eigenvalue weighted by atomic mass is 9.95. The highest BCUT2D eigenvalue weighted by Crippen LogP contribution is 2.32. The van der Waals surface area contributed by atoms with Crippen molar-refractivity contribution in [2.75, 3.05) is 31.6 Å². The van der Waals surface area contributed by atoms with Crippen LogP contribution in [0.4, 0.5) is 5.69 Å². The Kier molecular flexibility index (Phi) is 5.59. The van der Waals surface area contributed by atoms with Gasteiger partial charge in [-0.05, 0) is 49.4 Å². The minimum Gasteiger partial charge on any atom is -0.465 e. The molecule has 1 aromatic rings. The van der Waals surface area contributed by atoms with E-state index < -0.39 is 0 Å². The summed E-state index contributed by atoms with van der Waals surface area (Å²) in [6.45, 7) is 3.98. The molecule has 1 saturated heterocycles. The van der Waals surface area contributed by atoms with Crippen LogP contribution in [0.15, 0.2) is 18.2 Å². The fraction of sp³-hybridized carbons (Fsp3) is 0.550. The molecule has 2 heterocycles. The Labute approximate surface area is 154 Å². The van der Waals surface area contributed by atoms with Crippen molar-refractivity contribution in [2.45, 2.75) is 39.0 Å². The lowest BCUT2D eigenvalue weighted by Gasteiger charge is -2.33. The SMILES string of the molecule is CCCC(=O)N1CCC(C(=O)N2CCc3cc(C(=O)OC)ccc32)CC1. The van der Waals surface area contributed by atoms with E-state index in [-0.39, 0.29) is 23.7 Å². The van der Waals surface area contributed by atoms with E-state index in [0.29, 0.717) is 31.6 Å². The highest BCUT2D eigenvalue weighted by atomic mass is 16.5. The molecule has 0 aromatic heterocycles. The molecule has 0 aliphatic carbocycles. The molecule has 0 unspecified atom stereocenters. The third-order valence-corrected chi connectivity index (χ3v) is 5.32. The highest BCUT2D eigenvalue weighted by molar-refractivity contribution is 5.98. The molecule has 0 radical (unpaired) electrons. The monoisotopic (exact) mass is 358 g/mol. The first kappa shape index (κ1) is 18.4. The van der Waals surface area contributed by atoms with Crippen LogP contribution < -0.4 is 4.90 Å². The summed E-state index contributed by atoms with van der Waals surface area (Å²) < 4.78 is 4.76. The molecule has 6 nitrogen and oxygen atoms in total. The van der Waals surface area contributed by atoms with E-state index in [1.165, 1.54) is 7.11 Å². The maximum absolute atomic E-state index is 13.0. The number of methoxy groups -OCH3 is 1. The number of ether oxygens (including phenoxy) is 1. The van der Waals surface area contributed by atoms with Crippen molar-refractivity contribution in [1.29, 1.82) is 0 Å². The number of anilines is 1. The van der Waals surface area contributed by atoms with Crippen molar-refractivity contribution in [2.24, 2.45) is 5.92 Å². The van der Waals surface area contributed by atoms with Gasteiger partial charge in [0.15, 0.2) is 0 Å². The largest absolute Gasteiger partial charge is 0.465 e. The van der Waals surface area contributed by atoms with Gasteiger partial charge in [-0.25, -0.2) is 4.79 Å². The van der Waals surface area contributed by atoms with Gasteiger partial charge in [-0.1, -0.05) is 6.92 Å². The van der Waals surface area contributed by atoms with Crippen molar-refractivity contribution in [1.82, 2.24) is 4.90 Å². The van der Waals surface area contributed by atoms with Gasteiger partial charge in [0.1, 0.15) is 0 Å². The standard InChI is InChI=1S/C20H26N2O4/c1-3-4-18(23)21-10-7-14(8-11-21)19(24)22-12-9-15-13-16(20(25)26-2)5-6-17(15)22/h5-6,13-14H,3-4,7-12H2,1-2H3. The molecule has 0 saturated carbocycles. The van der Waals surface area contributed by atoms with E-state index >= 15 is 0 Å². The summed E-state index contributed by atoms with van der Waals surface area (Å²) in [7, 11) is 1.36. The molecule has 0 bridgehead atoms. The first-order valence-electron chi connectivity index (χ1n) is 9.35. The molecular weight excluding hydrogens is 332 g/mol. The number of piperidine rings is 1. The number of esters is 1. The number of hydrogen-bond donors (Lipinski definition) is 0. The second-order valence-electron chi connectivity index (χ2n) is 6.98. The first-order chi connectivity index (χ1) is 12.5. The summed E-state index contributed by atoms with van der Waals surface area (Å²) in [5.41, 5.74) is 2.42. The van der Waals surface area contributed by atoms with Crippen molar-refractivity contribution >= 4 is 23.5 Å². The van der Waals surface area contributed by atoms with E-state index in [1.54, 1.807) is 6.07 Å². The zero-order valence-corrected chi connectivity index (χ0v) is 15.5. The molecule has 0 spiro atoms. The summed E-state index contributed by atoms with van der Waals surface area (Å²) in [6.07, 6.45) is 3.64. The third kappa shape index (κ3) is 3.59. The Hall–Kier alpha value is -2.37. The summed E-state index contributed by atoms with van der Waals surface area (Å²) in [6, 6.07) is 5.37. The van der Waals surface area contributed by atoms with Crippen molar-refractivity contribution in [3.8, 4) is 0 Å². The number of likely N-dealkylation sites (tertiary alicyclic amines) is 1. The number of nitrogens with zero attached hydrogens (tertiary/aromatic N) is 2. The van der Waals surface area contributed by atoms with E-state index in [0.717, 1.165) is 36.9 Å². The van der Waals surface area contributed by atoms with Gasteiger partial charge >= 0.3 is 5.97 Å². The quantitative estimate of drug-likeness (QED) is 0.775. The lowest BCUT2D eigenvalue weighted by Crippen LogP contribution is -2.44. The zero-order chi connectivity index (χ0) is 18.7. The Morgan fingerprint density at radius 1 is 1.15 bits per heavy atom. The van der Waals surface area contributed by atoms with Crippen LogP contribution in [0.2, 0.25) is 0 Å². The number of carbonyl (C=O) groups is 3. The van der Waals surface area contributed by atoms with Gasteiger partial charge in [0.05, 0.1) is 12.7 Å². The fourth-order valence-electron chi connectivity index (χ4n) is 3.84. The summed E-state index contributed by atoms with van der Waals surface area (Å²) in [4.78, 5) is 40.4. The molecule has 2 aliphatic heterocycles. The second kappa shape index (κ2) is 7.89. The first-order valence-corrected chi connectivity index (χ1v) is 9.35. The normalized spacial score (nSPS) is 17.2. The minimum absolute atomic E-state index is 0.0353. The Morgan fingerprint density at radius 2 is 1.88 bits per heavy atom. The van der Waals surface area contributed by atoms with E-state index in [9.17, 15) is 14.4 Å². The van der Waals surface area contributed by atoms with Gasteiger partial charge in [-0.15, -0.1) is 0 Å². The van der Waals surface area contributed by atoms with Crippen molar-refractivity contribution < 1.29 is 19.1 Å². The Balaban J connectivity index is 1.64. The third-order valence-electron chi connectivity index (χ3n) is 5.32. The fourth-order valence-corrected chi connectivity index (χ4v) is 3.84. The highest BCUT2D eigenvalue weighted by Gasteiger charge is 2.33. The van der Waals surface area contributed by atoms with Gasteiger partial charge in [0.25, 0.3) is 0 Å². The van der Waals surface area contributed by atoms with E-state index in [1.807, 2.05) is 28.9 Å². The van der Waals surface area contributed by atoms with Crippen LogP contribution in [0, 0.1) is 5.92 Å². The molecule has 1 fully saturated rings. The van der Waals surface area contributed by atoms with Crippen molar-refractivity contribution in [3.05, 3.63) is 29.3 Å². The minimum atomic E-state index is -0.360. The Bertz CT molecular complexity index is 708. The summed E-state index contributed by atoms with van der Waals surface area (Å²) in [5.74, 6) is -0.0639. The van der Waals surface area contributed by atoms with E-state index in [4.69, 9.17) is 4.74 Å². The molecule has 2 amide bonds. The number of hydrogen-bond acceptors (Lipinski definition) is 4. The van der Waals surface area contributed by atoms with Crippen molar-refractivity contribution in [3.63, 3.8) is 0 Å². The number of benzene rings is 1. The molecular formula is C20H26N2O4. The number of amides is 2. The maximum atomic E-state index is 13.0. The smallest absolute Gasteiger partial charge is 0.337 e. The van der Waals surface area contributed by atoms with Crippen LogP contribution in [0.1, 0.15) is 48.5 Å². The zero-order valence-electron chi connectivity index (χ0n) is 15.5. The molecule has 140 valence electrons. The molecule has 26 heavy (non-hydrogen) atoms. The molecule has 6 heteroatoms. The number of rotatable bonds is 4. The van der Waals surface area contributed by atoms with Gasteiger partial charge in [-0.2, -0.15) is 0 Å². The van der Waals surface area contributed by atoms with Crippen LogP contribution in [0.3, 0.4) is 0 Å². The van der Waals surface area contributed by atoms with Crippen LogP contribution in [-0.2, 0) is 20.7 Å². The number of fused-ring (bicyclic) bond motifs is 1. The predicted molar refractivity (Wildman–Crippen MR) is 98.1 cm³/mol. The van der Waals surface area contributed by atoms with E-state index in [2.05, 4.69) is 0 Å². The predicted octanol–water partition coefficient (Wildman–Crippen LogP) is 2.40. The molecule has 1 aromatic carbocycles. The molecule has 3 rings (SSSR count). The number of carbonyl (C=O) groups excluding carboxylic acids is 3. The van der Waals surface area contributed by atoms with Gasteiger partial charge in [0, 0.05) is 37.7 Å². The van der Waals surface area contributed by atoms with Crippen LogP contribution in [0.5, 0.6) is 0 Å².